The van der Waals surface area contributed by atoms with Crippen molar-refractivity contribution in [1.29, 1.82) is 0 Å². The van der Waals surface area contributed by atoms with Gasteiger partial charge in [-0.3, -0.25) is 0 Å². The van der Waals surface area contributed by atoms with E-state index in [1.54, 1.807) is 0 Å². The summed E-state index contributed by atoms with van der Waals surface area (Å²) in [5.41, 5.74) is 0. The fourth-order valence-electron chi connectivity index (χ4n) is 2.90. The molecule has 0 aromatic heterocycles. The molecule has 3 aromatic carbocycles. The van der Waals surface area contributed by atoms with Gasteiger partial charge in [0.25, 0.3) is 0 Å². The highest BCUT2D eigenvalue weighted by Gasteiger charge is 2.15. The molecule has 0 aliphatic rings. The lowest BCUT2D eigenvalue weighted by Gasteiger charge is -2.19. The number of benzene rings is 3. The van der Waals surface area contributed by atoms with E-state index in [-0.39, 0.29) is 6.61 Å². The molecule has 0 heterocycles. The average Bonchev–Trinajstić information content (AvgIpc) is 2.78. The van der Waals surface area contributed by atoms with Crippen LogP contribution in [0.25, 0.3) is 0 Å². The first-order valence-electron chi connectivity index (χ1n) is 9.78. The fraction of sp³-hybridized carbons (Fsp3) is 0.250. The van der Waals surface area contributed by atoms with Gasteiger partial charge < -0.3 is 19.3 Å². The van der Waals surface area contributed by atoms with Crippen molar-refractivity contribution in [2.75, 3.05) is 39.6 Å². The van der Waals surface area contributed by atoms with Gasteiger partial charge in [-0.2, -0.15) is 0 Å². The van der Waals surface area contributed by atoms with Gasteiger partial charge in [-0.15, -0.1) is 0 Å². The first-order valence-corrected chi connectivity index (χ1v) is 11.1. The van der Waals surface area contributed by atoms with Gasteiger partial charge in [0.15, 0.2) is 0 Å². The van der Waals surface area contributed by atoms with Crippen molar-refractivity contribution in [3.05, 3.63) is 84.9 Å². The molecule has 29 heavy (non-hydrogen) atoms. The molecule has 3 rings (SSSR count). The quantitative estimate of drug-likeness (QED) is 0.369. The van der Waals surface area contributed by atoms with E-state index in [9.17, 15) is 0 Å². The van der Waals surface area contributed by atoms with Crippen molar-refractivity contribution in [1.82, 2.24) is 0 Å². The minimum absolute atomic E-state index is 0.0375. The minimum atomic E-state index is -0.597. The first kappa shape index (κ1) is 21.5. The lowest BCUT2D eigenvalue weighted by atomic mass is 10.3. The van der Waals surface area contributed by atoms with Crippen LogP contribution in [0.15, 0.2) is 84.9 Å². The zero-order valence-electron chi connectivity index (χ0n) is 16.4. The number of ether oxygens (including phenoxy) is 3. The summed E-state index contributed by atoms with van der Waals surface area (Å²) in [5, 5.41) is 12.6. The monoisotopic (exact) mass is 410 g/mol. The molecule has 152 valence electrons. The molecule has 0 amide bonds. The highest BCUT2D eigenvalue weighted by molar-refractivity contribution is 7.79. The minimum Gasteiger partial charge on any atom is -0.491 e. The van der Waals surface area contributed by atoms with Crippen molar-refractivity contribution in [3.63, 3.8) is 0 Å². The maximum absolute atomic E-state index is 8.63. The van der Waals surface area contributed by atoms with E-state index < -0.39 is 7.92 Å². The topological polar surface area (TPSA) is 47.9 Å². The van der Waals surface area contributed by atoms with Crippen molar-refractivity contribution >= 4 is 23.8 Å². The number of aliphatic hydroxyl groups is 1. The molecule has 1 N–H and O–H groups in total. The smallest absolute Gasteiger partial charge is 0.119 e. The Morgan fingerprint density at radius 1 is 0.552 bits per heavy atom. The van der Waals surface area contributed by atoms with E-state index in [1.165, 1.54) is 15.9 Å². The Kier molecular flexibility index (Phi) is 9.15. The zero-order chi connectivity index (χ0) is 20.2. The summed E-state index contributed by atoms with van der Waals surface area (Å²) >= 11 is 0. The molecule has 0 radical (unpaired) electrons. The first-order chi connectivity index (χ1) is 14.4. The summed E-state index contributed by atoms with van der Waals surface area (Å²) in [6.45, 7) is 2.37. The summed E-state index contributed by atoms with van der Waals surface area (Å²) in [6, 6.07) is 29.7. The SMILES string of the molecule is OCCOCCOCCOc1ccc(P(c2ccccc2)c2ccccc2)cc1. The van der Waals surface area contributed by atoms with E-state index in [1.807, 2.05) is 12.1 Å². The van der Waals surface area contributed by atoms with E-state index >= 15 is 0 Å². The van der Waals surface area contributed by atoms with Gasteiger partial charge in [-0.05, 0) is 36.0 Å². The van der Waals surface area contributed by atoms with Crippen LogP contribution in [0.1, 0.15) is 0 Å². The number of hydrogen-bond donors (Lipinski definition) is 1. The molecular weight excluding hydrogens is 383 g/mol. The third-order valence-corrected chi connectivity index (χ3v) is 6.67. The van der Waals surface area contributed by atoms with Crippen molar-refractivity contribution in [2.45, 2.75) is 0 Å². The van der Waals surface area contributed by atoms with Crippen LogP contribution >= 0.6 is 7.92 Å². The molecule has 5 heteroatoms. The second kappa shape index (κ2) is 12.4. The fourth-order valence-corrected chi connectivity index (χ4v) is 5.18. The molecule has 3 aromatic rings. The molecule has 0 spiro atoms. The summed E-state index contributed by atoms with van der Waals surface area (Å²) in [4.78, 5) is 0. The molecule has 0 saturated heterocycles. The van der Waals surface area contributed by atoms with Crippen LogP contribution in [0.2, 0.25) is 0 Å². The number of rotatable bonds is 12. The normalized spacial score (nSPS) is 11.0. The second-order valence-electron chi connectivity index (χ2n) is 6.30. The Morgan fingerprint density at radius 3 is 1.59 bits per heavy atom. The number of hydrogen-bond acceptors (Lipinski definition) is 4. The van der Waals surface area contributed by atoms with Crippen LogP contribution in [-0.4, -0.2) is 44.7 Å². The lowest BCUT2D eigenvalue weighted by molar-refractivity contribution is 0.0247. The maximum atomic E-state index is 8.63. The largest absolute Gasteiger partial charge is 0.491 e. The van der Waals surface area contributed by atoms with E-state index in [4.69, 9.17) is 19.3 Å². The van der Waals surface area contributed by atoms with Gasteiger partial charge in [0.1, 0.15) is 12.4 Å². The van der Waals surface area contributed by atoms with E-state index in [2.05, 4.69) is 72.8 Å². The van der Waals surface area contributed by atoms with Crippen molar-refractivity contribution in [2.24, 2.45) is 0 Å². The van der Waals surface area contributed by atoms with Crippen molar-refractivity contribution in [3.8, 4) is 5.75 Å². The van der Waals surface area contributed by atoms with Crippen LogP contribution < -0.4 is 20.7 Å². The predicted molar refractivity (Wildman–Crippen MR) is 119 cm³/mol. The van der Waals surface area contributed by atoms with Crippen LogP contribution in [0.4, 0.5) is 0 Å². The molecule has 0 aliphatic heterocycles. The molecule has 0 bridgehead atoms. The Balaban J connectivity index is 1.57. The molecule has 0 unspecified atom stereocenters. The van der Waals surface area contributed by atoms with Crippen LogP contribution in [0.3, 0.4) is 0 Å². The molecule has 0 saturated carbocycles. The molecule has 0 aliphatic carbocycles. The summed E-state index contributed by atoms with van der Waals surface area (Å²) in [7, 11) is -0.597. The molecular formula is C24H27O4P. The second-order valence-corrected chi connectivity index (χ2v) is 8.52. The van der Waals surface area contributed by atoms with Gasteiger partial charge in [0, 0.05) is 0 Å². The highest BCUT2D eigenvalue weighted by atomic mass is 31.1. The third-order valence-electron chi connectivity index (χ3n) is 4.23. The average molecular weight is 410 g/mol. The molecule has 0 fully saturated rings. The van der Waals surface area contributed by atoms with Crippen LogP contribution in [0.5, 0.6) is 5.75 Å². The van der Waals surface area contributed by atoms with Gasteiger partial charge in [0.05, 0.1) is 33.0 Å². The van der Waals surface area contributed by atoms with Gasteiger partial charge >= 0.3 is 0 Å². The predicted octanol–water partition coefficient (Wildman–Crippen LogP) is 2.85. The van der Waals surface area contributed by atoms with Gasteiger partial charge in [0.2, 0.25) is 0 Å². The standard InChI is InChI=1S/C24H27O4P/c25-15-16-26-17-18-27-19-20-28-21-11-13-24(14-12-21)29(22-7-3-1-4-8-22)23-9-5-2-6-10-23/h1-14,25H,15-20H2. The molecule has 0 atom stereocenters. The zero-order valence-corrected chi connectivity index (χ0v) is 17.3. The van der Waals surface area contributed by atoms with Gasteiger partial charge in [-0.1, -0.05) is 72.8 Å². The lowest BCUT2D eigenvalue weighted by Crippen LogP contribution is -2.20. The van der Waals surface area contributed by atoms with E-state index in [0.717, 1.165) is 5.75 Å². The van der Waals surface area contributed by atoms with Crippen LogP contribution in [-0.2, 0) is 9.47 Å². The Bertz CT molecular complexity index is 770. The maximum Gasteiger partial charge on any atom is 0.119 e. The highest BCUT2D eigenvalue weighted by Crippen LogP contribution is 2.33. The Labute approximate surface area is 173 Å². The summed E-state index contributed by atoms with van der Waals surface area (Å²) in [6.07, 6.45) is 0. The molecule has 4 nitrogen and oxygen atoms in total. The Hall–Kier alpha value is -2.23. The summed E-state index contributed by atoms with van der Waals surface area (Å²) in [5.74, 6) is 0.838. The van der Waals surface area contributed by atoms with E-state index in [0.29, 0.717) is 33.0 Å². The Morgan fingerprint density at radius 2 is 1.03 bits per heavy atom. The third kappa shape index (κ3) is 6.95. The van der Waals surface area contributed by atoms with Gasteiger partial charge in [-0.25, -0.2) is 0 Å². The van der Waals surface area contributed by atoms with Crippen molar-refractivity contribution < 1.29 is 19.3 Å². The van der Waals surface area contributed by atoms with Crippen LogP contribution in [0, 0.1) is 0 Å². The summed E-state index contributed by atoms with van der Waals surface area (Å²) < 4.78 is 16.4. The number of aliphatic hydroxyl groups excluding tert-OH is 1.